The molecule has 91 heavy (non-hydrogen) atoms. The Labute approximate surface area is 563 Å². The number of carbonyl (C=O) groups is 2. The lowest BCUT2D eigenvalue weighted by Crippen LogP contribution is -2.47. The second-order valence-electron chi connectivity index (χ2n) is 26.4. The maximum Gasteiger partial charge on any atom is 0.472 e. The Morgan fingerprint density at radius 1 is 0.396 bits per heavy atom. The number of ether oxygens (including phenoxy) is 1. The summed E-state index contributed by atoms with van der Waals surface area (Å²) in [6.45, 7) is 6.89. The first-order chi connectivity index (χ1) is 44.4. The van der Waals surface area contributed by atoms with Gasteiger partial charge in [0.25, 0.3) is 0 Å². The molecule has 0 bridgehead atoms. The van der Waals surface area contributed by atoms with E-state index in [0.29, 0.717) is 17.4 Å². The van der Waals surface area contributed by atoms with E-state index < -0.39 is 20.0 Å². The molecule has 0 saturated heterocycles. The van der Waals surface area contributed by atoms with Crippen molar-refractivity contribution in [2.24, 2.45) is 0 Å². The number of phosphoric ester groups is 1. The first-order valence-electron chi connectivity index (χ1n) is 37.9. The molecule has 0 aromatic carbocycles. The highest BCUT2D eigenvalue weighted by Gasteiger charge is 2.30. The number of likely N-dealkylation sites (N-methyl/N-ethyl adjacent to an activating group) is 1. The molecule has 0 aliphatic heterocycles. The van der Waals surface area contributed by atoms with Crippen LogP contribution in [0.2, 0.25) is 0 Å². The second-order valence-corrected chi connectivity index (χ2v) is 27.9. The minimum Gasteiger partial charge on any atom is -0.456 e. The number of nitrogens with zero attached hydrogens (tertiary/aromatic N) is 1. The van der Waals surface area contributed by atoms with E-state index in [4.69, 9.17) is 13.8 Å². The van der Waals surface area contributed by atoms with Crippen molar-refractivity contribution < 1.29 is 37.3 Å². The Balaban J connectivity index is 5.07. The lowest BCUT2D eigenvalue weighted by Gasteiger charge is -2.27. The third kappa shape index (κ3) is 70.6. The van der Waals surface area contributed by atoms with E-state index >= 15 is 0 Å². The molecule has 9 nitrogen and oxygen atoms in total. The summed E-state index contributed by atoms with van der Waals surface area (Å²) in [7, 11) is 1.48. The fourth-order valence-electron chi connectivity index (χ4n) is 10.6. The number of hydrogen-bond donors (Lipinski definition) is 2. The molecule has 0 heterocycles. The van der Waals surface area contributed by atoms with Crippen LogP contribution >= 0.6 is 7.82 Å². The van der Waals surface area contributed by atoms with E-state index in [9.17, 15) is 19.0 Å². The lowest BCUT2D eigenvalue weighted by atomic mass is 10.0. The monoisotopic (exact) mass is 1290 g/mol. The van der Waals surface area contributed by atoms with Gasteiger partial charge in [-0.15, -0.1) is 0 Å². The van der Waals surface area contributed by atoms with Gasteiger partial charge >= 0.3 is 13.8 Å². The van der Waals surface area contributed by atoms with Gasteiger partial charge in [0.1, 0.15) is 19.3 Å². The number of esters is 1. The molecular weight excluding hydrogens is 1140 g/mol. The van der Waals surface area contributed by atoms with Crippen molar-refractivity contribution in [3.8, 4) is 0 Å². The van der Waals surface area contributed by atoms with Crippen molar-refractivity contribution in [1.82, 2.24) is 5.32 Å². The van der Waals surface area contributed by atoms with Gasteiger partial charge in [-0.25, -0.2) is 4.57 Å². The van der Waals surface area contributed by atoms with Crippen LogP contribution in [0.1, 0.15) is 329 Å². The maximum absolute atomic E-state index is 13.7. The number of amides is 1. The van der Waals surface area contributed by atoms with Crippen LogP contribution in [0.25, 0.3) is 0 Å². The van der Waals surface area contributed by atoms with Gasteiger partial charge in [0.15, 0.2) is 0 Å². The average molecular weight is 1290 g/mol. The molecule has 0 radical (unpaired) electrons. The van der Waals surface area contributed by atoms with Crippen LogP contribution in [-0.2, 0) is 27.9 Å². The van der Waals surface area contributed by atoms with E-state index in [0.717, 1.165) is 122 Å². The SMILES string of the molecule is CC/C=C\C/C=C\C/C=C\C/C=C\C/C=C\C/C=C\CCCCCCCCCCC(=O)OC(/C=C/CCCCCCCCCCCCC)C(COP(=O)(O)OCC[N+](C)(C)C)NC(=O)CCCCCCCCCCCCCC/C=C\C/C=C\C/C=C\CCCCC. The molecule has 0 saturated carbocycles. The van der Waals surface area contributed by atoms with E-state index in [-0.39, 0.29) is 31.5 Å². The number of phosphoric acid groups is 1. The van der Waals surface area contributed by atoms with Crippen molar-refractivity contribution in [3.05, 3.63) is 122 Å². The van der Waals surface area contributed by atoms with Crippen molar-refractivity contribution in [3.63, 3.8) is 0 Å². The number of unbranched alkanes of at least 4 members (excludes halogenated alkanes) is 34. The quantitative estimate of drug-likeness (QED) is 0.0205. The summed E-state index contributed by atoms with van der Waals surface area (Å²) in [6, 6.07) is -0.862. The molecule has 0 fully saturated rings. The fourth-order valence-corrected chi connectivity index (χ4v) is 11.3. The molecule has 0 aromatic rings. The molecule has 524 valence electrons. The summed E-state index contributed by atoms with van der Waals surface area (Å²) in [4.78, 5) is 38.0. The van der Waals surface area contributed by atoms with Gasteiger partial charge in [0.05, 0.1) is 33.8 Å². The topological polar surface area (TPSA) is 111 Å². The molecular formula is C81H144N2O7P+. The Kier molecular flexibility index (Phi) is 66.5. The van der Waals surface area contributed by atoms with Gasteiger partial charge in [-0.3, -0.25) is 18.6 Å². The molecule has 10 heteroatoms. The number of hydrogen-bond acceptors (Lipinski definition) is 6. The maximum atomic E-state index is 13.7. The summed E-state index contributed by atoms with van der Waals surface area (Å²) in [5.74, 6) is -0.514. The number of carbonyl (C=O) groups excluding carboxylic acids is 2. The van der Waals surface area contributed by atoms with Crippen molar-refractivity contribution in [2.45, 2.75) is 341 Å². The third-order valence-electron chi connectivity index (χ3n) is 16.4. The molecule has 0 aliphatic carbocycles. The standard InChI is InChI=1S/C81H143N2O7P/c1-7-10-13-16-19-22-25-28-30-32-34-36-38-40-41-43-45-47-49-51-53-56-59-62-65-68-71-74-81(85)90-79(72-69-66-63-60-57-54-27-24-21-18-15-12-9-3)78(77-89-91(86,87)88-76-75-83(4,5)6)82-80(84)73-70-67-64-61-58-55-52-50-48-46-44-42-39-37-35-33-31-29-26-23-20-17-14-11-8-2/h10,13,19-20,22-23,28-31,34-37,40-41,45,47,69,72,78-79H,7-9,11-12,14-18,21,24-27,32-33,38-39,42-44,46,48-68,70-71,73-77H2,1-6H3,(H-,82,84,86,87)/p+1/b13-10-,22-19-,23-20-,30-28-,31-29-,36-34-,37-35-,41-40-,47-45-,72-69+. The summed E-state index contributed by atoms with van der Waals surface area (Å²) in [5, 5.41) is 3.08. The first-order valence-corrected chi connectivity index (χ1v) is 39.4. The zero-order chi connectivity index (χ0) is 66.3. The van der Waals surface area contributed by atoms with Gasteiger partial charge < -0.3 is 19.4 Å². The average Bonchev–Trinajstić information content (AvgIpc) is 3.73. The Hall–Kier alpha value is -3.59. The molecule has 0 rings (SSSR count). The zero-order valence-corrected chi connectivity index (χ0v) is 60.9. The smallest absolute Gasteiger partial charge is 0.456 e. The highest BCUT2D eigenvalue weighted by Crippen LogP contribution is 2.43. The van der Waals surface area contributed by atoms with Crippen LogP contribution in [0.15, 0.2) is 122 Å². The zero-order valence-electron chi connectivity index (χ0n) is 60.1. The summed E-state index contributed by atoms with van der Waals surface area (Å²) >= 11 is 0. The van der Waals surface area contributed by atoms with Crippen molar-refractivity contribution in [1.29, 1.82) is 0 Å². The predicted octanol–water partition coefficient (Wildman–Crippen LogP) is 24.6. The second kappa shape index (κ2) is 69.2. The molecule has 3 unspecified atom stereocenters. The van der Waals surface area contributed by atoms with E-state index in [1.54, 1.807) is 0 Å². The molecule has 3 atom stereocenters. The van der Waals surface area contributed by atoms with E-state index in [1.165, 1.54) is 173 Å². The largest absolute Gasteiger partial charge is 0.472 e. The number of quaternary nitrogens is 1. The van der Waals surface area contributed by atoms with Crippen LogP contribution in [0.4, 0.5) is 0 Å². The van der Waals surface area contributed by atoms with Crippen molar-refractivity contribution in [2.75, 3.05) is 40.9 Å². The fraction of sp³-hybridized carbons (Fsp3) is 0.728. The highest BCUT2D eigenvalue weighted by molar-refractivity contribution is 7.47. The van der Waals surface area contributed by atoms with E-state index in [1.807, 2.05) is 33.3 Å². The van der Waals surface area contributed by atoms with Gasteiger partial charge in [0, 0.05) is 12.8 Å². The Morgan fingerprint density at radius 2 is 0.703 bits per heavy atom. The molecule has 0 aromatic heterocycles. The highest BCUT2D eigenvalue weighted by atomic mass is 31.2. The van der Waals surface area contributed by atoms with E-state index in [2.05, 4.69) is 135 Å². The normalized spacial score (nSPS) is 14.1. The summed E-state index contributed by atoms with van der Waals surface area (Å²) in [6.07, 6.45) is 97.8. The van der Waals surface area contributed by atoms with Gasteiger partial charge in [0.2, 0.25) is 5.91 Å². The minimum absolute atomic E-state index is 0.0335. The van der Waals surface area contributed by atoms with Crippen LogP contribution in [-0.4, -0.2) is 74.3 Å². The minimum atomic E-state index is -4.47. The van der Waals surface area contributed by atoms with Gasteiger partial charge in [-0.05, 0) is 122 Å². The summed E-state index contributed by atoms with van der Waals surface area (Å²) < 4.78 is 30.9. The molecule has 2 N–H and O–H groups in total. The molecule has 0 spiro atoms. The number of nitrogens with one attached hydrogen (secondary N) is 1. The third-order valence-corrected chi connectivity index (χ3v) is 17.4. The van der Waals surface area contributed by atoms with Crippen LogP contribution in [0.5, 0.6) is 0 Å². The predicted molar refractivity (Wildman–Crippen MR) is 396 cm³/mol. The lowest BCUT2D eigenvalue weighted by molar-refractivity contribution is -0.870. The number of rotatable bonds is 68. The molecule has 0 aliphatic rings. The summed E-state index contributed by atoms with van der Waals surface area (Å²) in [5.41, 5.74) is 0. The van der Waals surface area contributed by atoms with Crippen LogP contribution < -0.4 is 5.32 Å². The van der Waals surface area contributed by atoms with Gasteiger partial charge in [-0.2, -0.15) is 0 Å². The van der Waals surface area contributed by atoms with Crippen LogP contribution in [0, 0.1) is 0 Å². The van der Waals surface area contributed by atoms with Gasteiger partial charge in [-0.1, -0.05) is 316 Å². The number of allylic oxidation sites excluding steroid dienone is 19. The first kappa shape index (κ1) is 87.4. The Bertz CT molecular complexity index is 1970. The van der Waals surface area contributed by atoms with Crippen LogP contribution in [0.3, 0.4) is 0 Å². The van der Waals surface area contributed by atoms with Crippen molar-refractivity contribution >= 4 is 19.7 Å². The Morgan fingerprint density at radius 3 is 1.08 bits per heavy atom. The molecule has 1 amide bonds.